The highest BCUT2D eigenvalue weighted by Gasteiger charge is 2.42. The largest absolute Gasteiger partial charge is 0.481 e. The van der Waals surface area contributed by atoms with Gasteiger partial charge in [0.15, 0.2) is 0 Å². The minimum Gasteiger partial charge on any atom is -0.481 e. The number of rotatable bonds is 4. The summed E-state index contributed by atoms with van der Waals surface area (Å²) in [6.45, 7) is 0.856. The van der Waals surface area contributed by atoms with Crippen LogP contribution >= 0.6 is 11.8 Å². The highest BCUT2D eigenvalue weighted by atomic mass is 32.2. The summed E-state index contributed by atoms with van der Waals surface area (Å²) in [5, 5.41) is 9.04. The number of anilines is 1. The molecular formula is C17H19FN2O4S. The summed E-state index contributed by atoms with van der Waals surface area (Å²) in [4.78, 5) is 39.6. The standard InChI is InChI=1S/C17H19FN2O4S/c18-11-1-3-12(4-2-11)19-6-5-14(16(19)23)17(24)20-7-8-25-10-13(20)9-15(21)22/h1-4,13-14H,5-10H2,(H,21,22). The Morgan fingerprint density at radius 2 is 1.96 bits per heavy atom. The smallest absolute Gasteiger partial charge is 0.305 e. The van der Waals surface area contributed by atoms with E-state index in [1.807, 2.05) is 0 Å². The Bertz CT molecular complexity index is 682. The lowest BCUT2D eigenvalue weighted by atomic mass is 10.0. The Kier molecular flexibility index (Phi) is 5.27. The Balaban J connectivity index is 1.72. The minimum atomic E-state index is -0.948. The van der Waals surface area contributed by atoms with Gasteiger partial charge in [-0.15, -0.1) is 0 Å². The van der Waals surface area contributed by atoms with Gasteiger partial charge in [0.2, 0.25) is 11.8 Å². The van der Waals surface area contributed by atoms with Crippen LogP contribution in [0.2, 0.25) is 0 Å². The zero-order chi connectivity index (χ0) is 18.0. The van der Waals surface area contributed by atoms with Gasteiger partial charge in [0.05, 0.1) is 12.5 Å². The molecular weight excluding hydrogens is 347 g/mol. The highest BCUT2D eigenvalue weighted by molar-refractivity contribution is 7.99. The molecule has 2 heterocycles. The Labute approximate surface area is 149 Å². The van der Waals surface area contributed by atoms with Gasteiger partial charge in [-0.1, -0.05) is 0 Å². The predicted octanol–water partition coefficient (Wildman–Crippen LogP) is 1.60. The molecule has 1 N–H and O–H groups in total. The Hall–Kier alpha value is -2.09. The number of hydrogen-bond acceptors (Lipinski definition) is 4. The molecule has 2 fully saturated rings. The molecule has 8 heteroatoms. The van der Waals surface area contributed by atoms with Crippen LogP contribution in [0.15, 0.2) is 24.3 Å². The number of benzene rings is 1. The second-order valence-electron chi connectivity index (χ2n) is 6.17. The maximum absolute atomic E-state index is 13.1. The van der Waals surface area contributed by atoms with Gasteiger partial charge in [-0.3, -0.25) is 14.4 Å². The van der Waals surface area contributed by atoms with Crippen molar-refractivity contribution in [2.24, 2.45) is 5.92 Å². The van der Waals surface area contributed by atoms with Crippen LogP contribution in [0.3, 0.4) is 0 Å². The van der Waals surface area contributed by atoms with E-state index in [0.29, 0.717) is 31.0 Å². The fourth-order valence-electron chi connectivity index (χ4n) is 3.30. The molecule has 2 unspecified atom stereocenters. The van der Waals surface area contributed by atoms with Crippen LogP contribution in [-0.4, -0.2) is 58.4 Å². The molecule has 0 radical (unpaired) electrons. The van der Waals surface area contributed by atoms with Gasteiger partial charge in [0.1, 0.15) is 11.7 Å². The first-order valence-electron chi connectivity index (χ1n) is 8.14. The average molecular weight is 366 g/mol. The molecule has 0 saturated carbocycles. The fraction of sp³-hybridized carbons (Fsp3) is 0.471. The van der Waals surface area contributed by atoms with Crippen LogP contribution in [0.4, 0.5) is 10.1 Å². The van der Waals surface area contributed by atoms with E-state index in [1.54, 1.807) is 16.7 Å². The zero-order valence-electron chi connectivity index (χ0n) is 13.6. The number of carboxylic acids is 1. The van der Waals surface area contributed by atoms with E-state index >= 15 is 0 Å². The molecule has 0 spiro atoms. The van der Waals surface area contributed by atoms with Gasteiger partial charge >= 0.3 is 5.97 Å². The number of nitrogens with zero attached hydrogens (tertiary/aromatic N) is 2. The van der Waals surface area contributed by atoms with E-state index in [1.165, 1.54) is 29.2 Å². The van der Waals surface area contributed by atoms with Crippen molar-refractivity contribution in [3.8, 4) is 0 Å². The van der Waals surface area contributed by atoms with Gasteiger partial charge in [-0.2, -0.15) is 11.8 Å². The number of carbonyl (C=O) groups is 3. The quantitative estimate of drug-likeness (QED) is 0.819. The van der Waals surface area contributed by atoms with E-state index in [9.17, 15) is 18.8 Å². The van der Waals surface area contributed by atoms with E-state index in [0.717, 1.165) is 5.75 Å². The molecule has 1 aromatic rings. The van der Waals surface area contributed by atoms with Crippen LogP contribution in [0, 0.1) is 11.7 Å². The molecule has 0 aliphatic carbocycles. The third kappa shape index (κ3) is 3.78. The number of hydrogen-bond donors (Lipinski definition) is 1. The van der Waals surface area contributed by atoms with Gasteiger partial charge in [-0.25, -0.2) is 4.39 Å². The molecule has 25 heavy (non-hydrogen) atoms. The first-order chi connectivity index (χ1) is 12.0. The molecule has 2 aliphatic rings. The lowest BCUT2D eigenvalue weighted by Gasteiger charge is -2.36. The molecule has 134 valence electrons. The maximum Gasteiger partial charge on any atom is 0.305 e. The van der Waals surface area contributed by atoms with Crippen molar-refractivity contribution in [2.75, 3.05) is 29.5 Å². The fourth-order valence-corrected chi connectivity index (χ4v) is 4.36. The van der Waals surface area contributed by atoms with Crippen LogP contribution in [-0.2, 0) is 14.4 Å². The van der Waals surface area contributed by atoms with Gasteiger partial charge < -0.3 is 14.9 Å². The van der Waals surface area contributed by atoms with E-state index in [2.05, 4.69) is 0 Å². The Morgan fingerprint density at radius 1 is 1.24 bits per heavy atom. The normalized spacial score (nSPS) is 23.8. The SMILES string of the molecule is O=C(O)CC1CSCCN1C(=O)C1CCN(c2ccc(F)cc2)C1=O. The minimum absolute atomic E-state index is 0.110. The summed E-state index contributed by atoms with van der Waals surface area (Å²) in [6, 6.07) is 5.22. The van der Waals surface area contributed by atoms with Crippen molar-refractivity contribution >= 4 is 35.2 Å². The first-order valence-corrected chi connectivity index (χ1v) is 9.30. The highest BCUT2D eigenvalue weighted by Crippen LogP contribution is 2.29. The summed E-state index contributed by atoms with van der Waals surface area (Å²) < 4.78 is 13.1. The number of aliphatic carboxylic acids is 1. The Morgan fingerprint density at radius 3 is 2.64 bits per heavy atom. The van der Waals surface area contributed by atoms with Crippen molar-refractivity contribution in [2.45, 2.75) is 18.9 Å². The summed E-state index contributed by atoms with van der Waals surface area (Å²) in [6.07, 6.45) is 0.278. The van der Waals surface area contributed by atoms with Crippen molar-refractivity contribution in [3.05, 3.63) is 30.1 Å². The number of carboxylic acid groups (broad SMARTS) is 1. The second kappa shape index (κ2) is 7.43. The van der Waals surface area contributed by atoms with Gasteiger partial charge in [0, 0.05) is 30.3 Å². The average Bonchev–Trinajstić information content (AvgIpc) is 2.96. The van der Waals surface area contributed by atoms with Crippen molar-refractivity contribution < 1.29 is 23.9 Å². The molecule has 2 amide bonds. The van der Waals surface area contributed by atoms with Crippen molar-refractivity contribution in [1.82, 2.24) is 4.90 Å². The lowest BCUT2D eigenvalue weighted by Crippen LogP contribution is -2.50. The van der Waals surface area contributed by atoms with Crippen LogP contribution in [0.25, 0.3) is 0 Å². The van der Waals surface area contributed by atoms with Gasteiger partial charge in [-0.05, 0) is 30.7 Å². The van der Waals surface area contributed by atoms with Crippen molar-refractivity contribution in [1.29, 1.82) is 0 Å². The maximum atomic E-state index is 13.1. The summed E-state index contributed by atoms with van der Waals surface area (Å²) in [5.41, 5.74) is 0.568. The molecule has 2 atom stereocenters. The lowest BCUT2D eigenvalue weighted by molar-refractivity contribution is -0.143. The van der Waals surface area contributed by atoms with Crippen LogP contribution in [0.5, 0.6) is 0 Å². The summed E-state index contributed by atoms with van der Waals surface area (Å²) in [5.74, 6) is -1.40. The monoisotopic (exact) mass is 366 g/mol. The molecule has 6 nitrogen and oxygen atoms in total. The third-order valence-corrected chi connectivity index (χ3v) is 5.65. The van der Waals surface area contributed by atoms with Crippen LogP contribution < -0.4 is 4.90 Å². The number of carbonyl (C=O) groups excluding carboxylic acids is 2. The number of thioether (sulfide) groups is 1. The second-order valence-corrected chi connectivity index (χ2v) is 7.32. The number of halogens is 1. The molecule has 2 aliphatic heterocycles. The first kappa shape index (κ1) is 17.7. The van der Waals surface area contributed by atoms with Crippen LogP contribution in [0.1, 0.15) is 12.8 Å². The predicted molar refractivity (Wildman–Crippen MR) is 91.9 cm³/mol. The van der Waals surface area contributed by atoms with E-state index in [-0.39, 0.29) is 30.1 Å². The molecule has 2 saturated heterocycles. The molecule has 0 bridgehead atoms. The van der Waals surface area contributed by atoms with Gasteiger partial charge in [0.25, 0.3) is 0 Å². The summed E-state index contributed by atoms with van der Waals surface area (Å²) in [7, 11) is 0. The number of amides is 2. The van der Waals surface area contributed by atoms with E-state index < -0.39 is 11.9 Å². The zero-order valence-corrected chi connectivity index (χ0v) is 14.4. The van der Waals surface area contributed by atoms with Crippen molar-refractivity contribution in [3.63, 3.8) is 0 Å². The summed E-state index contributed by atoms with van der Waals surface area (Å²) >= 11 is 1.62. The molecule has 0 aromatic heterocycles. The molecule has 1 aromatic carbocycles. The topological polar surface area (TPSA) is 77.9 Å². The third-order valence-electron chi connectivity index (χ3n) is 4.56. The molecule has 3 rings (SSSR count). The van der Waals surface area contributed by atoms with E-state index in [4.69, 9.17) is 5.11 Å².